The van der Waals surface area contributed by atoms with Gasteiger partial charge in [-0.2, -0.15) is 0 Å². The quantitative estimate of drug-likeness (QED) is 0.786. The van der Waals surface area contributed by atoms with Crippen LogP contribution in [0.1, 0.15) is 47.5 Å². The van der Waals surface area contributed by atoms with Crippen LogP contribution >= 0.6 is 11.3 Å². The molecule has 1 unspecified atom stereocenters. The fourth-order valence-electron chi connectivity index (χ4n) is 3.75. The molecule has 1 aliphatic carbocycles. The number of amides is 1. The topological polar surface area (TPSA) is 115 Å². The number of aliphatic hydroxyl groups is 1. The van der Waals surface area contributed by atoms with Gasteiger partial charge in [0.25, 0.3) is 5.91 Å². The number of benzene rings is 1. The van der Waals surface area contributed by atoms with E-state index in [2.05, 4.69) is 15.4 Å². The van der Waals surface area contributed by atoms with Crippen LogP contribution in [0.25, 0.3) is 0 Å². The lowest BCUT2D eigenvalue weighted by atomic mass is 9.95. The maximum absolute atomic E-state index is 12.8. The number of rotatable bonds is 4. The largest absolute Gasteiger partial charge is 0.493 e. The molecule has 0 radical (unpaired) electrons. The molecule has 0 saturated carbocycles. The Bertz CT molecular complexity index is 1040. The van der Waals surface area contributed by atoms with Crippen LogP contribution in [0, 0.1) is 0 Å². The zero-order chi connectivity index (χ0) is 20.1. The molecular weight excluding hydrogens is 398 g/mol. The van der Waals surface area contributed by atoms with Gasteiger partial charge in [0.05, 0.1) is 19.2 Å². The normalized spacial score (nSPS) is 17.6. The van der Waals surface area contributed by atoms with Crippen molar-refractivity contribution in [2.75, 3.05) is 6.61 Å². The van der Waals surface area contributed by atoms with Gasteiger partial charge < -0.3 is 9.84 Å². The number of nitrogens with zero attached hydrogens (tertiary/aromatic N) is 2. The molecule has 7 nitrogen and oxygen atoms in total. The molecular formula is C19H23N3O4S2. The van der Waals surface area contributed by atoms with E-state index in [0.29, 0.717) is 11.6 Å². The molecule has 1 atom stereocenters. The summed E-state index contributed by atoms with van der Waals surface area (Å²) in [7, 11) is -3.42. The molecule has 9 heteroatoms. The van der Waals surface area contributed by atoms with Crippen LogP contribution in [0.5, 0.6) is 5.75 Å². The Morgan fingerprint density at radius 3 is 2.89 bits per heavy atom. The first-order valence-corrected chi connectivity index (χ1v) is 11.6. The van der Waals surface area contributed by atoms with E-state index >= 15 is 0 Å². The Morgan fingerprint density at radius 1 is 1.39 bits per heavy atom. The number of fused-ring (bicyclic) bond motifs is 2. The van der Waals surface area contributed by atoms with Crippen LogP contribution in [0.2, 0.25) is 0 Å². The molecule has 2 aliphatic rings. The highest BCUT2D eigenvalue weighted by Gasteiger charge is 2.27. The van der Waals surface area contributed by atoms with E-state index in [0.717, 1.165) is 59.5 Å². The second-order valence-electron chi connectivity index (χ2n) is 7.71. The van der Waals surface area contributed by atoms with Crippen LogP contribution in [-0.4, -0.2) is 26.8 Å². The fraction of sp³-hybridized carbons (Fsp3) is 0.474. The van der Waals surface area contributed by atoms with Gasteiger partial charge in [-0.3, -0.25) is 4.79 Å². The molecule has 0 spiro atoms. The minimum atomic E-state index is -3.42. The Kier molecular flexibility index (Phi) is 4.81. The number of ether oxygens (including phenoxy) is 1. The lowest BCUT2D eigenvalue weighted by Gasteiger charge is -2.13. The van der Waals surface area contributed by atoms with Gasteiger partial charge in [0, 0.05) is 12.0 Å². The maximum Gasteiger partial charge on any atom is 0.259 e. The van der Waals surface area contributed by atoms with E-state index in [1.54, 1.807) is 13.8 Å². The summed E-state index contributed by atoms with van der Waals surface area (Å²) in [6.07, 6.45) is 5.17. The van der Waals surface area contributed by atoms with Crippen molar-refractivity contribution in [2.24, 2.45) is 9.50 Å². The molecule has 2 heterocycles. The number of carbonyl (C=O) groups excluding carboxylic acids is 1. The summed E-state index contributed by atoms with van der Waals surface area (Å²) in [6.45, 7) is 3.77. The number of thiazole rings is 1. The first-order chi connectivity index (χ1) is 13.1. The first kappa shape index (κ1) is 19.5. The van der Waals surface area contributed by atoms with Gasteiger partial charge in [0.1, 0.15) is 20.6 Å². The summed E-state index contributed by atoms with van der Waals surface area (Å²) < 4.78 is 22.6. The van der Waals surface area contributed by atoms with Gasteiger partial charge >= 0.3 is 0 Å². The smallest absolute Gasteiger partial charge is 0.259 e. The molecule has 1 aliphatic heterocycles. The third-order valence-electron chi connectivity index (χ3n) is 5.02. The average Bonchev–Trinajstić information content (AvgIpc) is 3.33. The summed E-state index contributed by atoms with van der Waals surface area (Å²) in [5.74, 6) is 0.249. The van der Waals surface area contributed by atoms with Crippen LogP contribution in [-0.2, 0) is 46.0 Å². The highest BCUT2D eigenvalue weighted by Crippen LogP contribution is 2.39. The lowest BCUT2D eigenvalue weighted by molar-refractivity contribution is -0.117. The van der Waals surface area contributed by atoms with Crippen LogP contribution in [0.3, 0.4) is 0 Å². The molecule has 28 heavy (non-hydrogen) atoms. The standard InChI is InChI=1S/C19H23N3O4S2/c1-19(2,24)18-21-10-16(27-18)28(20,25)22-15(23)9-14-13-5-3-4-11(13)8-12-6-7-26-17(12)14/h8,10,24H,3-7,9H2,1-2H3,(H2,20,22,23,25). The van der Waals surface area contributed by atoms with Gasteiger partial charge in [0.2, 0.25) is 0 Å². The van der Waals surface area contributed by atoms with Gasteiger partial charge in [-0.15, -0.1) is 15.7 Å². The van der Waals surface area contributed by atoms with E-state index < -0.39 is 21.4 Å². The summed E-state index contributed by atoms with van der Waals surface area (Å²) in [5, 5.41) is 16.3. The first-order valence-electron chi connectivity index (χ1n) is 9.21. The van der Waals surface area contributed by atoms with E-state index in [9.17, 15) is 14.1 Å². The molecule has 150 valence electrons. The monoisotopic (exact) mass is 421 g/mol. The third-order valence-corrected chi connectivity index (χ3v) is 8.25. The third kappa shape index (κ3) is 3.59. The molecule has 3 N–H and O–H groups in total. The minimum absolute atomic E-state index is 0.0247. The average molecular weight is 422 g/mol. The van der Waals surface area contributed by atoms with Crippen molar-refractivity contribution in [1.29, 1.82) is 0 Å². The van der Waals surface area contributed by atoms with Crippen LogP contribution in [0.15, 0.2) is 20.8 Å². The number of carbonyl (C=O) groups is 1. The summed E-state index contributed by atoms with van der Waals surface area (Å²) in [6, 6.07) is 2.19. The van der Waals surface area contributed by atoms with Crippen molar-refractivity contribution in [3.05, 3.63) is 39.5 Å². The van der Waals surface area contributed by atoms with Gasteiger partial charge in [0.15, 0.2) is 9.92 Å². The second kappa shape index (κ2) is 6.91. The minimum Gasteiger partial charge on any atom is -0.493 e. The molecule has 4 rings (SSSR count). The number of hydrogen-bond donors (Lipinski definition) is 2. The van der Waals surface area contributed by atoms with E-state index in [1.165, 1.54) is 11.8 Å². The predicted octanol–water partition coefficient (Wildman–Crippen LogP) is 2.26. The number of aromatic nitrogens is 1. The summed E-state index contributed by atoms with van der Waals surface area (Å²) in [4.78, 5) is 16.7. The van der Waals surface area contributed by atoms with Crippen molar-refractivity contribution in [2.45, 2.75) is 55.8 Å². The van der Waals surface area contributed by atoms with Gasteiger partial charge in [-0.25, -0.2) is 14.3 Å². The maximum atomic E-state index is 12.8. The van der Waals surface area contributed by atoms with E-state index in [4.69, 9.17) is 9.88 Å². The molecule has 1 aromatic heterocycles. The second-order valence-corrected chi connectivity index (χ2v) is 10.8. The molecule has 0 fully saturated rings. The summed E-state index contributed by atoms with van der Waals surface area (Å²) >= 11 is 1.00. The molecule has 0 saturated heterocycles. The Balaban J connectivity index is 1.65. The van der Waals surface area contributed by atoms with Gasteiger partial charge in [-0.05, 0) is 49.8 Å². The van der Waals surface area contributed by atoms with E-state index in [-0.39, 0.29) is 10.6 Å². The van der Waals surface area contributed by atoms with Crippen molar-refractivity contribution < 1.29 is 18.8 Å². The zero-order valence-corrected chi connectivity index (χ0v) is 17.5. The molecule has 1 amide bonds. The molecule has 0 bridgehead atoms. The van der Waals surface area contributed by atoms with Crippen molar-refractivity contribution in [3.8, 4) is 5.75 Å². The zero-order valence-electron chi connectivity index (χ0n) is 15.9. The predicted molar refractivity (Wildman–Crippen MR) is 107 cm³/mol. The number of hydrogen-bond acceptors (Lipinski definition) is 6. The number of nitrogens with two attached hydrogens (primary N) is 1. The Hall–Kier alpha value is -1.81. The number of aryl methyl sites for hydroxylation is 1. The van der Waals surface area contributed by atoms with Crippen molar-refractivity contribution in [3.63, 3.8) is 0 Å². The van der Waals surface area contributed by atoms with Crippen LogP contribution < -0.4 is 9.88 Å². The SMILES string of the molecule is CC(C)(O)c1ncc(S(N)(=O)=NC(=O)Cc2c3c(cc4c2OCC4)CCC3)s1. The fourth-order valence-corrected chi connectivity index (χ4v) is 5.89. The highest BCUT2D eigenvalue weighted by atomic mass is 32.2. The van der Waals surface area contributed by atoms with Crippen molar-refractivity contribution in [1.82, 2.24) is 4.98 Å². The van der Waals surface area contributed by atoms with Crippen LogP contribution in [0.4, 0.5) is 0 Å². The Labute approximate surface area is 168 Å². The van der Waals surface area contributed by atoms with Gasteiger partial charge in [-0.1, -0.05) is 6.07 Å². The highest BCUT2D eigenvalue weighted by molar-refractivity contribution is 7.93. The molecule has 2 aromatic rings. The molecule has 1 aromatic carbocycles. The lowest BCUT2D eigenvalue weighted by Crippen LogP contribution is -2.16. The van der Waals surface area contributed by atoms with Crippen molar-refractivity contribution >= 4 is 27.2 Å². The summed E-state index contributed by atoms with van der Waals surface area (Å²) in [5.41, 5.74) is 3.26. The van der Waals surface area contributed by atoms with E-state index in [1.807, 2.05) is 0 Å². The Morgan fingerprint density at radius 2 is 2.18 bits per heavy atom.